The van der Waals surface area contributed by atoms with Gasteiger partial charge in [0.25, 0.3) is 0 Å². The molecule has 2 amide bonds. The number of benzene rings is 1. The van der Waals surface area contributed by atoms with Crippen LogP contribution in [0.15, 0.2) is 29.2 Å². The molecule has 0 bridgehead atoms. The summed E-state index contributed by atoms with van der Waals surface area (Å²) in [6.07, 6.45) is 4.43. The van der Waals surface area contributed by atoms with E-state index in [-0.39, 0.29) is 29.2 Å². The number of amides is 2. The number of anilines is 1. The molecule has 0 radical (unpaired) electrons. The molecule has 0 unspecified atom stereocenters. The minimum absolute atomic E-state index is 0.0282. The SMILES string of the molecule is CCN(CC)S(=O)(=O)c1ccc(N2C[C@H](C(=O)N[C@H](C)CC[C@H]3CCCO3)CC2=O)cc1. The van der Waals surface area contributed by atoms with Crippen molar-refractivity contribution in [3.63, 3.8) is 0 Å². The van der Waals surface area contributed by atoms with Crippen molar-refractivity contribution < 1.29 is 22.7 Å². The average Bonchev–Trinajstić information content (AvgIpc) is 3.43. The molecular weight excluding hydrogens is 430 g/mol. The van der Waals surface area contributed by atoms with Gasteiger partial charge in [-0.1, -0.05) is 13.8 Å². The van der Waals surface area contributed by atoms with Crippen molar-refractivity contribution in [3.8, 4) is 0 Å². The molecular formula is C23H35N3O5S. The third kappa shape index (κ3) is 5.68. The highest BCUT2D eigenvalue weighted by Gasteiger charge is 2.35. The number of nitrogens with one attached hydrogen (secondary N) is 1. The van der Waals surface area contributed by atoms with Crippen LogP contribution in [0, 0.1) is 5.92 Å². The predicted octanol–water partition coefficient (Wildman–Crippen LogP) is 2.53. The summed E-state index contributed by atoms with van der Waals surface area (Å²) in [5, 5.41) is 3.03. The zero-order valence-electron chi connectivity index (χ0n) is 19.2. The molecule has 2 heterocycles. The molecule has 1 N–H and O–H groups in total. The fourth-order valence-corrected chi connectivity index (χ4v) is 5.84. The fraction of sp³-hybridized carbons (Fsp3) is 0.652. The monoisotopic (exact) mass is 465 g/mol. The number of rotatable bonds is 10. The Morgan fingerprint density at radius 1 is 1.25 bits per heavy atom. The summed E-state index contributed by atoms with van der Waals surface area (Å²) in [6.45, 7) is 7.50. The van der Waals surface area contributed by atoms with Crippen LogP contribution < -0.4 is 10.2 Å². The van der Waals surface area contributed by atoms with E-state index in [1.54, 1.807) is 30.9 Å². The zero-order chi connectivity index (χ0) is 23.3. The van der Waals surface area contributed by atoms with Gasteiger partial charge in [0.05, 0.1) is 16.9 Å². The van der Waals surface area contributed by atoms with Gasteiger partial charge < -0.3 is 15.0 Å². The molecule has 1 aromatic rings. The van der Waals surface area contributed by atoms with Crippen LogP contribution in [0.25, 0.3) is 0 Å². The summed E-state index contributed by atoms with van der Waals surface area (Å²) in [5.74, 6) is -0.648. The molecule has 3 rings (SSSR count). The van der Waals surface area contributed by atoms with Gasteiger partial charge in [-0.15, -0.1) is 0 Å². The van der Waals surface area contributed by atoms with Crippen molar-refractivity contribution in [1.29, 1.82) is 0 Å². The summed E-state index contributed by atoms with van der Waals surface area (Å²) >= 11 is 0. The minimum Gasteiger partial charge on any atom is -0.378 e. The van der Waals surface area contributed by atoms with E-state index < -0.39 is 15.9 Å². The first-order chi connectivity index (χ1) is 15.3. The first-order valence-electron chi connectivity index (χ1n) is 11.6. The Morgan fingerprint density at radius 2 is 1.94 bits per heavy atom. The Balaban J connectivity index is 1.57. The molecule has 0 saturated carbocycles. The summed E-state index contributed by atoms with van der Waals surface area (Å²) in [6, 6.07) is 6.35. The van der Waals surface area contributed by atoms with Gasteiger partial charge >= 0.3 is 0 Å². The van der Waals surface area contributed by atoms with E-state index >= 15 is 0 Å². The van der Waals surface area contributed by atoms with Crippen LogP contribution in [0.5, 0.6) is 0 Å². The quantitative estimate of drug-likeness (QED) is 0.573. The van der Waals surface area contributed by atoms with Crippen LogP contribution in [0.3, 0.4) is 0 Å². The number of hydrogen-bond donors (Lipinski definition) is 1. The van der Waals surface area contributed by atoms with E-state index in [9.17, 15) is 18.0 Å². The van der Waals surface area contributed by atoms with Gasteiger partial charge in [0.1, 0.15) is 0 Å². The van der Waals surface area contributed by atoms with Gasteiger partial charge in [0, 0.05) is 44.4 Å². The van der Waals surface area contributed by atoms with Crippen LogP contribution in [0.1, 0.15) is 52.9 Å². The molecule has 2 fully saturated rings. The maximum atomic E-state index is 12.7. The summed E-state index contributed by atoms with van der Waals surface area (Å²) < 4.78 is 32.3. The highest BCUT2D eigenvalue weighted by Crippen LogP contribution is 2.27. The van der Waals surface area contributed by atoms with Gasteiger partial charge in [0.2, 0.25) is 21.8 Å². The molecule has 0 aromatic heterocycles. The third-order valence-electron chi connectivity index (χ3n) is 6.32. The Hall–Kier alpha value is -1.97. The lowest BCUT2D eigenvalue weighted by Gasteiger charge is -2.21. The lowest BCUT2D eigenvalue weighted by atomic mass is 10.0. The minimum atomic E-state index is -3.55. The van der Waals surface area contributed by atoms with Crippen molar-refractivity contribution in [2.24, 2.45) is 5.92 Å². The molecule has 32 heavy (non-hydrogen) atoms. The Kier molecular flexibility index (Phi) is 8.30. The normalized spacial score (nSPS) is 22.5. The van der Waals surface area contributed by atoms with Crippen LogP contribution in [0.2, 0.25) is 0 Å². The zero-order valence-corrected chi connectivity index (χ0v) is 20.1. The number of sulfonamides is 1. The Morgan fingerprint density at radius 3 is 2.53 bits per heavy atom. The van der Waals surface area contributed by atoms with Gasteiger partial charge in [-0.05, 0) is 56.9 Å². The van der Waals surface area contributed by atoms with Gasteiger partial charge in [-0.3, -0.25) is 9.59 Å². The second-order valence-corrected chi connectivity index (χ2v) is 10.5. The van der Waals surface area contributed by atoms with E-state index in [1.807, 2.05) is 6.92 Å². The summed E-state index contributed by atoms with van der Waals surface area (Å²) in [7, 11) is -3.55. The van der Waals surface area contributed by atoms with E-state index in [0.29, 0.717) is 31.4 Å². The van der Waals surface area contributed by atoms with Crippen molar-refractivity contribution in [1.82, 2.24) is 9.62 Å². The predicted molar refractivity (Wildman–Crippen MR) is 123 cm³/mol. The molecule has 8 nitrogen and oxygen atoms in total. The van der Waals surface area contributed by atoms with Gasteiger partial charge in [-0.25, -0.2) is 8.42 Å². The standard InChI is InChI=1S/C23H35N3O5S/c1-4-25(5-2)32(29,30)21-12-9-19(10-13-21)26-16-18(15-22(26)27)23(28)24-17(3)8-11-20-7-6-14-31-20/h9-10,12-13,17-18,20H,4-8,11,14-16H2,1-3H3,(H,24,28)/t17-,18-,20-/m1/s1. The largest absolute Gasteiger partial charge is 0.378 e. The van der Waals surface area contributed by atoms with Crippen LogP contribution in [-0.4, -0.2) is 62.9 Å². The maximum absolute atomic E-state index is 12.7. The van der Waals surface area contributed by atoms with Crippen LogP contribution in [0.4, 0.5) is 5.69 Å². The first kappa shape index (κ1) is 24.7. The molecule has 2 aliphatic rings. The molecule has 2 aliphatic heterocycles. The van der Waals surface area contributed by atoms with Crippen molar-refractivity contribution in [3.05, 3.63) is 24.3 Å². The topological polar surface area (TPSA) is 96.0 Å². The highest BCUT2D eigenvalue weighted by atomic mass is 32.2. The lowest BCUT2D eigenvalue weighted by molar-refractivity contribution is -0.126. The third-order valence-corrected chi connectivity index (χ3v) is 8.39. The molecule has 0 aliphatic carbocycles. The van der Waals surface area contributed by atoms with Gasteiger partial charge in [-0.2, -0.15) is 4.31 Å². The van der Waals surface area contributed by atoms with E-state index in [4.69, 9.17) is 4.74 Å². The second kappa shape index (κ2) is 10.8. The number of hydrogen-bond acceptors (Lipinski definition) is 5. The Labute approximate surface area is 191 Å². The molecule has 0 spiro atoms. The van der Waals surface area contributed by atoms with Crippen LogP contribution >= 0.6 is 0 Å². The molecule has 9 heteroatoms. The molecule has 2 saturated heterocycles. The van der Waals surface area contributed by atoms with Gasteiger partial charge in [0.15, 0.2) is 0 Å². The van der Waals surface area contributed by atoms with Crippen molar-refractivity contribution >= 4 is 27.5 Å². The number of nitrogens with zero attached hydrogens (tertiary/aromatic N) is 2. The van der Waals surface area contributed by atoms with Crippen LogP contribution in [-0.2, 0) is 24.3 Å². The van der Waals surface area contributed by atoms with E-state index in [1.165, 1.54) is 16.4 Å². The number of ether oxygens (including phenoxy) is 1. The summed E-state index contributed by atoms with van der Waals surface area (Å²) in [4.78, 5) is 27.0. The Bertz CT molecular complexity index is 893. The van der Waals surface area contributed by atoms with Crippen molar-refractivity contribution in [2.75, 3.05) is 31.1 Å². The second-order valence-electron chi connectivity index (χ2n) is 8.61. The van der Waals surface area contributed by atoms with E-state index in [2.05, 4.69) is 5.32 Å². The average molecular weight is 466 g/mol. The lowest BCUT2D eigenvalue weighted by Crippen LogP contribution is -2.38. The number of carbonyl (C=O) groups is 2. The smallest absolute Gasteiger partial charge is 0.243 e. The van der Waals surface area contributed by atoms with E-state index in [0.717, 1.165) is 32.3 Å². The molecule has 178 valence electrons. The van der Waals surface area contributed by atoms with Crippen molar-refractivity contribution in [2.45, 2.75) is 69.9 Å². The number of carbonyl (C=O) groups excluding carboxylic acids is 2. The maximum Gasteiger partial charge on any atom is 0.243 e. The molecule has 1 aromatic carbocycles. The molecule has 3 atom stereocenters. The fourth-order valence-electron chi connectivity index (χ4n) is 4.38. The highest BCUT2D eigenvalue weighted by molar-refractivity contribution is 7.89. The summed E-state index contributed by atoms with van der Waals surface area (Å²) in [5.41, 5.74) is 0.607. The first-order valence-corrected chi connectivity index (χ1v) is 13.0.